The van der Waals surface area contributed by atoms with E-state index >= 15 is 0 Å². The maximum Gasteiger partial charge on any atom is 0.353 e. The van der Waals surface area contributed by atoms with Crippen LogP contribution in [0, 0.1) is 11.8 Å². The minimum absolute atomic E-state index is 0.0499. The molecule has 0 bridgehead atoms. The van der Waals surface area contributed by atoms with Gasteiger partial charge in [-0.05, 0) is 13.8 Å². The third kappa shape index (κ3) is 6.14. The number of nitrogens with zero attached hydrogens (tertiary/aromatic N) is 4. The number of rotatable bonds is 14. The molecule has 3 rings (SSSR count). The second-order valence-corrected chi connectivity index (χ2v) is 11.8. The zero-order valence-corrected chi connectivity index (χ0v) is 23.7. The van der Waals surface area contributed by atoms with Gasteiger partial charge in [0.05, 0.1) is 56.0 Å². The Balaban J connectivity index is 2.09. The van der Waals surface area contributed by atoms with Gasteiger partial charge in [0, 0.05) is 34.2 Å². The summed E-state index contributed by atoms with van der Waals surface area (Å²) in [6, 6.07) is -1.74. The lowest BCUT2D eigenvalue weighted by Gasteiger charge is -2.45. The van der Waals surface area contributed by atoms with Gasteiger partial charge < -0.3 is 36.8 Å². The molecule has 220 valence electrons. The number of carbonyl (C=O) groups excluding carboxylic acids is 2. The maximum atomic E-state index is 14.3. The molecule has 0 aliphatic carbocycles. The van der Waals surface area contributed by atoms with Crippen LogP contribution in [-0.4, -0.2) is 116 Å². The molecular formula is C24H34N6O8S2. The van der Waals surface area contributed by atoms with Gasteiger partial charge >= 0.3 is 11.9 Å². The Morgan fingerprint density at radius 1 is 1.00 bits per heavy atom. The average Bonchev–Trinajstić information content (AvgIpc) is 3.39. The van der Waals surface area contributed by atoms with Crippen molar-refractivity contribution >= 4 is 60.0 Å². The highest BCUT2D eigenvalue weighted by atomic mass is 32.2. The quantitative estimate of drug-likeness (QED) is 0.0626. The molecule has 8 N–H and O–H groups in total. The molecule has 3 aliphatic heterocycles. The van der Waals surface area contributed by atoms with Crippen LogP contribution in [-0.2, 0) is 19.2 Å². The summed E-state index contributed by atoms with van der Waals surface area (Å²) in [4.78, 5) is 62.9. The molecule has 0 aromatic heterocycles. The van der Waals surface area contributed by atoms with Crippen LogP contribution in [0.4, 0.5) is 0 Å². The van der Waals surface area contributed by atoms with Crippen molar-refractivity contribution in [1.82, 2.24) is 9.80 Å². The Morgan fingerprint density at radius 3 is 2.00 bits per heavy atom. The number of aliphatic carboxylic acids is 2. The zero-order chi connectivity index (χ0) is 29.7. The topological polar surface area (TPSA) is 232 Å². The van der Waals surface area contributed by atoms with Crippen LogP contribution in [0.1, 0.15) is 26.7 Å². The van der Waals surface area contributed by atoms with E-state index in [-0.39, 0.29) is 30.0 Å². The Bertz CT molecular complexity index is 1150. The first-order valence-electron chi connectivity index (χ1n) is 12.6. The maximum absolute atomic E-state index is 14.3. The van der Waals surface area contributed by atoms with Crippen molar-refractivity contribution in [3.05, 3.63) is 21.2 Å². The molecule has 0 spiro atoms. The van der Waals surface area contributed by atoms with Crippen molar-refractivity contribution in [3.63, 3.8) is 0 Å². The Kier molecular flexibility index (Phi) is 10.6. The van der Waals surface area contributed by atoms with Gasteiger partial charge in [-0.2, -0.15) is 0 Å². The molecule has 0 radical (unpaired) electrons. The molecule has 0 aromatic rings. The Labute approximate surface area is 239 Å². The number of carboxylic acids is 2. The van der Waals surface area contributed by atoms with Crippen LogP contribution in [0.15, 0.2) is 31.2 Å². The van der Waals surface area contributed by atoms with Crippen molar-refractivity contribution in [2.24, 2.45) is 33.3 Å². The molecule has 0 saturated carbocycles. The Hall–Kier alpha value is -3.08. The number of fused-ring (bicyclic) bond motifs is 1. The second kappa shape index (κ2) is 13.5. The zero-order valence-electron chi connectivity index (χ0n) is 22.0. The number of β-lactam (4-membered cyclic amide) rings is 1. The monoisotopic (exact) mass is 598 g/mol. The number of nitrogens with two attached hydrogens (primary N) is 2. The average molecular weight is 599 g/mol. The minimum atomic E-state index is -1.51. The smallest absolute Gasteiger partial charge is 0.353 e. The van der Waals surface area contributed by atoms with Crippen LogP contribution >= 0.6 is 23.5 Å². The molecule has 6 atom stereocenters. The van der Waals surface area contributed by atoms with E-state index in [0.29, 0.717) is 23.0 Å². The lowest BCUT2D eigenvalue weighted by atomic mass is 9.83. The summed E-state index contributed by atoms with van der Waals surface area (Å²) in [5.41, 5.74) is 10.1. The van der Waals surface area contributed by atoms with Crippen LogP contribution in [0.3, 0.4) is 0 Å². The van der Waals surface area contributed by atoms with Crippen LogP contribution in [0.5, 0.6) is 0 Å². The van der Waals surface area contributed by atoms with Gasteiger partial charge in [0.15, 0.2) is 0 Å². The predicted octanol–water partition coefficient (Wildman–Crippen LogP) is -0.771. The normalized spacial score (nSPS) is 25.1. The van der Waals surface area contributed by atoms with Gasteiger partial charge in [-0.25, -0.2) is 4.79 Å². The first kappa shape index (κ1) is 31.4. The lowest BCUT2D eigenvalue weighted by Crippen LogP contribution is -2.62. The number of hydrogen-bond donors (Lipinski definition) is 6. The fourth-order valence-corrected chi connectivity index (χ4v) is 7.43. The fourth-order valence-electron chi connectivity index (χ4n) is 5.33. The number of hydrogen-bond acceptors (Lipinski definition) is 10. The van der Waals surface area contributed by atoms with Gasteiger partial charge in [-0.15, -0.1) is 23.5 Å². The number of thioether (sulfide) groups is 2. The number of carbonyl (C=O) groups is 4. The number of aliphatic hydroxyl groups excluding tert-OH is 2. The molecule has 0 aromatic carbocycles. The third-order valence-electron chi connectivity index (χ3n) is 6.97. The summed E-state index contributed by atoms with van der Waals surface area (Å²) in [7, 11) is 0. The number of amides is 2. The molecule has 40 heavy (non-hydrogen) atoms. The summed E-state index contributed by atoms with van der Waals surface area (Å²) in [6.07, 6.45) is 0.0189. The van der Waals surface area contributed by atoms with Crippen LogP contribution in [0.25, 0.3) is 0 Å². The van der Waals surface area contributed by atoms with E-state index in [2.05, 4.69) is 9.98 Å². The fraction of sp³-hybridized carbons (Fsp3) is 0.583. The van der Waals surface area contributed by atoms with E-state index in [1.807, 2.05) is 0 Å². The summed E-state index contributed by atoms with van der Waals surface area (Å²) in [6.45, 7) is 3.34. The summed E-state index contributed by atoms with van der Waals surface area (Å²) in [5.74, 6) is -5.70. The highest BCUT2D eigenvalue weighted by molar-refractivity contribution is 8.03. The molecule has 0 unspecified atom stereocenters. The van der Waals surface area contributed by atoms with Crippen LogP contribution < -0.4 is 11.5 Å². The van der Waals surface area contributed by atoms with Gasteiger partial charge in [-0.1, -0.05) is 0 Å². The van der Waals surface area contributed by atoms with E-state index in [1.165, 1.54) is 30.5 Å². The standard InChI is InChI=1S/C24H34N6O8S2/c1-11(31)17-13-7-15(39-5-3-27-9-25)19(29(13)21(17)33)22(34)30-14(18(12(2)32)23(35)36)8-16(20(30)24(37)38)40-6-4-28-10-26/h9-14,17-18,31-32H,3-8H2,1-2H3,(H2,25,27)(H2,26,28)(H,35,36)(H,37,38)/t11-,12-,13-,14-,17-,18-/m1/s1. The van der Waals surface area contributed by atoms with Crippen molar-refractivity contribution in [3.8, 4) is 0 Å². The number of carboxylic acid groups (broad SMARTS) is 2. The summed E-state index contributed by atoms with van der Waals surface area (Å²) < 4.78 is 0. The van der Waals surface area contributed by atoms with Crippen molar-refractivity contribution < 1.29 is 39.6 Å². The van der Waals surface area contributed by atoms with Crippen molar-refractivity contribution in [2.75, 3.05) is 24.6 Å². The minimum Gasteiger partial charge on any atom is -0.481 e. The highest BCUT2D eigenvalue weighted by Gasteiger charge is 2.58. The molecular weight excluding hydrogens is 564 g/mol. The van der Waals surface area contributed by atoms with E-state index in [0.717, 1.165) is 29.3 Å². The van der Waals surface area contributed by atoms with Crippen molar-refractivity contribution in [2.45, 2.75) is 51.0 Å². The molecule has 1 fully saturated rings. The van der Waals surface area contributed by atoms with E-state index in [1.54, 1.807) is 0 Å². The summed E-state index contributed by atoms with van der Waals surface area (Å²) in [5, 5.41) is 40.7. The SMILES string of the molecule is C[C@@H](O)[C@@H](C(=O)O)[C@H]1CC(SCCN=CN)=C(C(=O)O)N1C(=O)C1=C(SCCN=CN)C[C@@H]2[C@@H]([C@@H](C)O)C(=O)N12. The van der Waals surface area contributed by atoms with Gasteiger partial charge in [0.2, 0.25) is 5.91 Å². The highest BCUT2D eigenvalue weighted by Crippen LogP contribution is 2.49. The largest absolute Gasteiger partial charge is 0.481 e. The molecule has 16 heteroatoms. The van der Waals surface area contributed by atoms with Crippen molar-refractivity contribution in [1.29, 1.82) is 0 Å². The molecule has 2 amide bonds. The first-order chi connectivity index (χ1) is 19.0. The second-order valence-electron chi connectivity index (χ2n) is 9.45. The van der Waals surface area contributed by atoms with E-state index in [9.17, 15) is 39.6 Å². The third-order valence-corrected chi connectivity index (χ3v) is 9.16. The van der Waals surface area contributed by atoms with E-state index < -0.39 is 65.6 Å². The molecule has 3 aliphatic rings. The predicted molar refractivity (Wildman–Crippen MR) is 150 cm³/mol. The van der Waals surface area contributed by atoms with E-state index in [4.69, 9.17) is 11.5 Å². The van der Waals surface area contributed by atoms with Gasteiger partial charge in [0.1, 0.15) is 17.3 Å². The number of aliphatic hydroxyl groups is 2. The molecule has 1 saturated heterocycles. The molecule has 3 heterocycles. The summed E-state index contributed by atoms with van der Waals surface area (Å²) >= 11 is 2.37. The van der Waals surface area contributed by atoms with Gasteiger partial charge in [0.25, 0.3) is 5.91 Å². The first-order valence-corrected chi connectivity index (χ1v) is 14.6. The lowest BCUT2D eigenvalue weighted by molar-refractivity contribution is -0.161. The Morgan fingerprint density at radius 2 is 1.55 bits per heavy atom. The molecule has 14 nitrogen and oxygen atoms in total. The number of aliphatic imine (C=N–C) groups is 2. The van der Waals surface area contributed by atoms with Gasteiger partial charge in [-0.3, -0.25) is 29.3 Å². The van der Waals surface area contributed by atoms with Crippen LogP contribution in [0.2, 0.25) is 0 Å².